The van der Waals surface area contributed by atoms with Gasteiger partial charge in [0, 0.05) is 18.3 Å². The molecule has 0 radical (unpaired) electrons. The third kappa shape index (κ3) is 3.82. The summed E-state index contributed by atoms with van der Waals surface area (Å²) in [5.74, 6) is 0.0825. The molecule has 126 valence electrons. The molecule has 1 aliphatic carbocycles. The summed E-state index contributed by atoms with van der Waals surface area (Å²) in [6, 6.07) is 4.66. The van der Waals surface area contributed by atoms with Crippen LogP contribution in [-0.4, -0.2) is 40.6 Å². The fourth-order valence-corrected chi connectivity index (χ4v) is 4.07. The summed E-state index contributed by atoms with van der Waals surface area (Å²) in [5, 5.41) is 5.92. The highest BCUT2D eigenvalue weighted by atomic mass is 32.2. The van der Waals surface area contributed by atoms with Gasteiger partial charge in [-0.15, -0.1) is 0 Å². The van der Waals surface area contributed by atoms with Gasteiger partial charge in [0.15, 0.2) is 0 Å². The van der Waals surface area contributed by atoms with E-state index in [1.807, 2.05) is 0 Å². The quantitative estimate of drug-likeness (QED) is 0.708. The Labute approximate surface area is 135 Å². The normalized spacial score (nSPS) is 21.2. The molecule has 23 heavy (non-hydrogen) atoms. The average Bonchev–Trinajstić information content (AvgIpc) is 3.15. The van der Waals surface area contributed by atoms with Crippen LogP contribution in [-0.2, 0) is 14.8 Å². The van der Waals surface area contributed by atoms with Crippen molar-refractivity contribution in [3.8, 4) is 5.75 Å². The number of rotatable bonds is 6. The fourth-order valence-electron chi connectivity index (χ4n) is 2.57. The summed E-state index contributed by atoms with van der Waals surface area (Å²) in [7, 11) is -2.23. The molecule has 3 rings (SSSR count). The highest BCUT2D eigenvalue weighted by Crippen LogP contribution is 2.30. The van der Waals surface area contributed by atoms with Gasteiger partial charge in [-0.1, -0.05) is 0 Å². The summed E-state index contributed by atoms with van der Waals surface area (Å²) in [6.45, 7) is 1.47. The third-order valence-electron chi connectivity index (χ3n) is 4.05. The summed E-state index contributed by atoms with van der Waals surface area (Å²) in [6.07, 6.45) is 2.50. The van der Waals surface area contributed by atoms with E-state index in [-0.39, 0.29) is 28.5 Å². The van der Waals surface area contributed by atoms with Crippen LogP contribution in [0.5, 0.6) is 5.75 Å². The van der Waals surface area contributed by atoms with Gasteiger partial charge >= 0.3 is 0 Å². The molecule has 1 amide bonds. The number of sulfonamides is 1. The number of anilines is 1. The van der Waals surface area contributed by atoms with Crippen LogP contribution in [0.15, 0.2) is 23.1 Å². The second kappa shape index (κ2) is 6.46. The number of hydrogen-bond acceptors (Lipinski definition) is 5. The Kier molecular flexibility index (Phi) is 4.56. The van der Waals surface area contributed by atoms with Crippen molar-refractivity contribution < 1.29 is 17.9 Å². The number of carbonyl (C=O) groups excluding carboxylic acids is 1. The fraction of sp³-hybridized carbons (Fsp3) is 0.533. The van der Waals surface area contributed by atoms with Crippen molar-refractivity contribution in [3.63, 3.8) is 0 Å². The van der Waals surface area contributed by atoms with Gasteiger partial charge in [-0.05, 0) is 44.0 Å². The second-order valence-electron chi connectivity index (χ2n) is 5.94. The number of nitrogens with one attached hydrogen (secondary N) is 3. The van der Waals surface area contributed by atoms with E-state index in [2.05, 4.69) is 15.4 Å². The first-order chi connectivity index (χ1) is 11.0. The molecule has 1 aliphatic heterocycles. The van der Waals surface area contributed by atoms with Crippen LogP contribution in [0.4, 0.5) is 5.69 Å². The average molecular weight is 339 g/mol. The Morgan fingerprint density at radius 1 is 1.30 bits per heavy atom. The van der Waals surface area contributed by atoms with Gasteiger partial charge < -0.3 is 15.4 Å². The maximum atomic E-state index is 12.4. The summed E-state index contributed by atoms with van der Waals surface area (Å²) in [4.78, 5) is 12.2. The largest absolute Gasteiger partial charge is 0.495 e. The Bertz CT molecular complexity index is 695. The van der Waals surface area contributed by atoms with E-state index in [9.17, 15) is 13.2 Å². The minimum absolute atomic E-state index is 0.00696. The van der Waals surface area contributed by atoms with E-state index in [4.69, 9.17) is 4.74 Å². The molecule has 1 aromatic carbocycles. The van der Waals surface area contributed by atoms with E-state index < -0.39 is 10.0 Å². The molecule has 1 aromatic rings. The molecular weight excluding hydrogens is 318 g/mol. The first kappa shape index (κ1) is 16.2. The van der Waals surface area contributed by atoms with E-state index in [0.717, 1.165) is 25.8 Å². The van der Waals surface area contributed by atoms with E-state index in [1.54, 1.807) is 12.1 Å². The highest BCUT2D eigenvalue weighted by Gasteiger charge is 2.30. The van der Waals surface area contributed by atoms with Crippen molar-refractivity contribution in [1.82, 2.24) is 10.0 Å². The molecule has 3 N–H and O–H groups in total. The van der Waals surface area contributed by atoms with Gasteiger partial charge in [0.25, 0.3) is 0 Å². The predicted octanol–water partition coefficient (Wildman–Crippen LogP) is 0.684. The maximum Gasteiger partial charge on any atom is 0.244 e. The number of hydrogen-bond donors (Lipinski definition) is 3. The molecule has 1 saturated carbocycles. The lowest BCUT2D eigenvalue weighted by Crippen LogP contribution is -2.27. The molecule has 8 heteroatoms. The van der Waals surface area contributed by atoms with Gasteiger partial charge in [-0.25, -0.2) is 13.1 Å². The van der Waals surface area contributed by atoms with Gasteiger partial charge in [0.2, 0.25) is 15.9 Å². The summed E-state index contributed by atoms with van der Waals surface area (Å²) < 4.78 is 32.7. The molecule has 1 saturated heterocycles. The zero-order valence-corrected chi connectivity index (χ0v) is 13.8. The molecule has 7 nitrogen and oxygen atoms in total. The topological polar surface area (TPSA) is 96.5 Å². The first-order valence-corrected chi connectivity index (χ1v) is 9.20. The molecule has 1 heterocycles. The van der Waals surface area contributed by atoms with Gasteiger partial charge in [0.1, 0.15) is 10.6 Å². The predicted molar refractivity (Wildman–Crippen MR) is 85.9 cm³/mol. The minimum Gasteiger partial charge on any atom is -0.495 e. The molecular formula is C15H21N3O4S. The SMILES string of the molecule is COc1ccc(NC(=O)C2CCNC2)cc1S(=O)(=O)NC1CC1. The number of methoxy groups -OCH3 is 1. The number of ether oxygens (including phenoxy) is 1. The van der Waals surface area contributed by atoms with Crippen LogP contribution in [0.3, 0.4) is 0 Å². The first-order valence-electron chi connectivity index (χ1n) is 7.71. The summed E-state index contributed by atoms with van der Waals surface area (Å²) in [5.41, 5.74) is 0.457. The molecule has 2 fully saturated rings. The Balaban J connectivity index is 1.81. The highest BCUT2D eigenvalue weighted by molar-refractivity contribution is 7.89. The number of carbonyl (C=O) groups is 1. The Morgan fingerprint density at radius 3 is 2.70 bits per heavy atom. The number of amides is 1. The Hall–Kier alpha value is -1.64. The standard InChI is InChI=1S/C15H21N3O4S/c1-22-13-5-4-12(17-15(19)10-6-7-16-9-10)8-14(13)23(20,21)18-11-2-3-11/h4-5,8,10-11,16,18H,2-3,6-7,9H2,1H3,(H,17,19). The zero-order chi connectivity index (χ0) is 16.4. The van der Waals surface area contributed by atoms with Crippen molar-refractivity contribution in [3.05, 3.63) is 18.2 Å². The summed E-state index contributed by atoms with van der Waals surface area (Å²) >= 11 is 0. The van der Waals surface area contributed by atoms with Crippen LogP contribution in [0.1, 0.15) is 19.3 Å². The van der Waals surface area contributed by atoms with Gasteiger partial charge in [0.05, 0.1) is 13.0 Å². The van der Waals surface area contributed by atoms with Crippen LogP contribution in [0.25, 0.3) is 0 Å². The van der Waals surface area contributed by atoms with E-state index in [0.29, 0.717) is 12.2 Å². The van der Waals surface area contributed by atoms with Crippen molar-refractivity contribution in [2.24, 2.45) is 5.92 Å². The lowest BCUT2D eigenvalue weighted by atomic mass is 10.1. The lowest BCUT2D eigenvalue weighted by molar-refractivity contribution is -0.119. The second-order valence-corrected chi connectivity index (χ2v) is 7.62. The van der Waals surface area contributed by atoms with Crippen LogP contribution < -0.4 is 20.1 Å². The van der Waals surface area contributed by atoms with Crippen molar-refractivity contribution in [2.75, 3.05) is 25.5 Å². The van der Waals surface area contributed by atoms with Crippen LogP contribution in [0.2, 0.25) is 0 Å². The van der Waals surface area contributed by atoms with Crippen LogP contribution >= 0.6 is 0 Å². The lowest BCUT2D eigenvalue weighted by Gasteiger charge is -2.14. The monoisotopic (exact) mass is 339 g/mol. The molecule has 2 aliphatic rings. The zero-order valence-electron chi connectivity index (χ0n) is 13.0. The van der Waals surface area contributed by atoms with Gasteiger partial charge in [-0.3, -0.25) is 4.79 Å². The Morgan fingerprint density at radius 2 is 2.09 bits per heavy atom. The molecule has 1 atom stereocenters. The van der Waals surface area contributed by atoms with Crippen molar-refractivity contribution in [1.29, 1.82) is 0 Å². The molecule has 0 spiro atoms. The van der Waals surface area contributed by atoms with Crippen LogP contribution in [0, 0.1) is 5.92 Å². The van der Waals surface area contributed by atoms with E-state index in [1.165, 1.54) is 13.2 Å². The van der Waals surface area contributed by atoms with E-state index >= 15 is 0 Å². The molecule has 1 unspecified atom stereocenters. The number of benzene rings is 1. The van der Waals surface area contributed by atoms with Gasteiger partial charge in [-0.2, -0.15) is 0 Å². The van der Waals surface area contributed by atoms with Crippen molar-refractivity contribution >= 4 is 21.6 Å². The maximum absolute atomic E-state index is 12.4. The molecule has 0 bridgehead atoms. The third-order valence-corrected chi connectivity index (χ3v) is 5.59. The smallest absolute Gasteiger partial charge is 0.244 e. The minimum atomic E-state index is -3.66. The molecule has 0 aromatic heterocycles. The van der Waals surface area contributed by atoms with Crippen molar-refractivity contribution in [2.45, 2.75) is 30.2 Å².